The largest absolute Gasteiger partial charge is 0.506 e. The summed E-state index contributed by atoms with van der Waals surface area (Å²) in [5.74, 6) is 6.05. The van der Waals surface area contributed by atoms with Crippen molar-refractivity contribution in [3.8, 4) is 5.75 Å². The van der Waals surface area contributed by atoms with E-state index in [1.807, 2.05) is 13.0 Å². The maximum atomic E-state index is 9.39. The Morgan fingerprint density at radius 1 is 1.46 bits per heavy atom. The third kappa shape index (κ3) is 2.38. The van der Waals surface area contributed by atoms with Gasteiger partial charge in [-0.15, -0.1) is 0 Å². The molecule has 70 valence electrons. The number of benzene rings is 1. The Balaban J connectivity index is 2.80. The fraction of sp³-hybridized carbons (Fsp3) is 0.111. The van der Waals surface area contributed by atoms with Crippen LogP contribution in [0.5, 0.6) is 5.75 Å². The molecule has 0 radical (unpaired) electrons. The van der Waals surface area contributed by atoms with Crippen molar-refractivity contribution in [3.63, 3.8) is 0 Å². The molecule has 1 aromatic rings. The second kappa shape index (κ2) is 4.37. The molecule has 0 aliphatic carbocycles. The number of nitrogens with two attached hydrogens (primary N) is 1. The van der Waals surface area contributed by atoms with E-state index in [4.69, 9.17) is 5.84 Å². The van der Waals surface area contributed by atoms with Crippen LogP contribution in [0.15, 0.2) is 36.2 Å². The molecular weight excluding hydrogens is 166 g/mol. The second-order valence-corrected chi connectivity index (χ2v) is 2.49. The molecule has 13 heavy (non-hydrogen) atoms. The number of phenolic OH excluding ortho intramolecular Hbond substituents is 1. The molecular formula is C9H13N3O. The normalized spacial score (nSPS) is 11.1. The lowest BCUT2D eigenvalue weighted by atomic mass is 10.3. The number of hydrogen-bond acceptors (Lipinski definition) is 4. The summed E-state index contributed by atoms with van der Waals surface area (Å²) in [5, 5.41) is 12.3. The molecule has 0 saturated carbocycles. The number of hydrogen-bond donors (Lipinski definition) is 4. The first-order chi connectivity index (χ1) is 6.27. The molecule has 5 N–H and O–H groups in total. The van der Waals surface area contributed by atoms with E-state index in [1.54, 1.807) is 24.3 Å². The van der Waals surface area contributed by atoms with Gasteiger partial charge in [0, 0.05) is 0 Å². The molecule has 0 saturated heterocycles. The van der Waals surface area contributed by atoms with Crippen molar-refractivity contribution in [2.24, 2.45) is 5.84 Å². The van der Waals surface area contributed by atoms with Gasteiger partial charge in [-0.1, -0.05) is 12.1 Å². The van der Waals surface area contributed by atoms with Crippen LogP contribution in [0.4, 0.5) is 5.69 Å². The smallest absolute Gasteiger partial charge is 0.139 e. The van der Waals surface area contributed by atoms with Gasteiger partial charge in [0.1, 0.15) is 11.6 Å². The lowest BCUT2D eigenvalue weighted by Crippen LogP contribution is -2.25. The van der Waals surface area contributed by atoms with E-state index in [0.29, 0.717) is 11.5 Å². The Hall–Kier alpha value is -1.68. The van der Waals surface area contributed by atoms with Crippen LogP contribution >= 0.6 is 0 Å². The van der Waals surface area contributed by atoms with Crippen molar-refractivity contribution < 1.29 is 5.11 Å². The lowest BCUT2D eigenvalue weighted by molar-refractivity contribution is 0.477. The summed E-state index contributed by atoms with van der Waals surface area (Å²) in [5.41, 5.74) is 3.09. The van der Waals surface area contributed by atoms with E-state index in [1.165, 1.54) is 0 Å². The highest BCUT2D eigenvalue weighted by molar-refractivity contribution is 5.58. The van der Waals surface area contributed by atoms with Gasteiger partial charge in [-0.3, -0.25) is 0 Å². The molecule has 0 atom stereocenters. The molecule has 1 aromatic carbocycles. The molecule has 0 amide bonds. The van der Waals surface area contributed by atoms with E-state index in [9.17, 15) is 5.11 Å². The highest BCUT2D eigenvalue weighted by atomic mass is 16.3. The molecule has 0 heterocycles. The highest BCUT2D eigenvalue weighted by Crippen LogP contribution is 2.22. The molecule has 0 aliphatic heterocycles. The Morgan fingerprint density at radius 3 is 2.69 bits per heavy atom. The molecule has 1 rings (SSSR count). The van der Waals surface area contributed by atoms with Gasteiger partial charge in [0.15, 0.2) is 0 Å². The third-order valence-corrected chi connectivity index (χ3v) is 1.62. The predicted molar refractivity (Wildman–Crippen MR) is 52.8 cm³/mol. The lowest BCUT2D eigenvalue weighted by Gasteiger charge is -2.10. The van der Waals surface area contributed by atoms with Gasteiger partial charge in [0.2, 0.25) is 0 Å². The number of hydrazine groups is 1. The molecule has 0 aliphatic rings. The summed E-state index contributed by atoms with van der Waals surface area (Å²) in [4.78, 5) is 0. The first-order valence-electron chi connectivity index (χ1n) is 3.96. The number of nitrogens with one attached hydrogen (secondary N) is 2. The first-order valence-corrected chi connectivity index (χ1v) is 3.96. The van der Waals surface area contributed by atoms with Crippen LogP contribution in [0.2, 0.25) is 0 Å². The van der Waals surface area contributed by atoms with Crippen molar-refractivity contribution in [1.29, 1.82) is 0 Å². The third-order valence-electron chi connectivity index (χ3n) is 1.62. The number of aromatic hydroxyl groups is 1. The minimum atomic E-state index is 0.192. The highest BCUT2D eigenvalue weighted by Gasteiger charge is 1.99. The number of allylic oxidation sites excluding steroid dienone is 1. The second-order valence-electron chi connectivity index (χ2n) is 2.49. The van der Waals surface area contributed by atoms with Crippen molar-refractivity contribution in [1.82, 2.24) is 5.43 Å². The van der Waals surface area contributed by atoms with E-state index in [-0.39, 0.29) is 5.75 Å². The predicted octanol–water partition coefficient (Wildman–Crippen LogP) is 1.13. The maximum Gasteiger partial charge on any atom is 0.139 e. The first kappa shape index (κ1) is 9.41. The van der Waals surface area contributed by atoms with Crippen molar-refractivity contribution in [2.75, 3.05) is 5.32 Å². The van der Waals surface area contributed by atoms with Gasteiger partial charge in [0.25, 0.3) is 0 Å². The molecule has 4 heteroatoms. The average Bonchev–Trinajstić information content (AvgIpc) is 2.17. The number of phenols is 1. The summed E-state index contributed by atoms with van der Waals surface area (Å²) in [6.07, 6.45) is 1.77. The van der Waals surface area contributed by atoms with Gasteiger partial charge in [-0.2, -0.15) is 0 Å². The molecule has 0 unspecified atom stereocenters. The molecule has 0 spiro atoms. The van der Waals surface area contributed by atoms with Gasteiger partial charge < -0.3 is 15.8 Å². The molecule has 4 nitrogen and oxygen atoms in total. The van der Waals surface area contributed by atoms with E-state index in [2.05, 4.69) is 10.7 Å². The fourth-order valence-corrected chi connectivity index (χ4v) is 0.916. The fourth-order valence-electron chi connectivity index (χ4n) is 0.916. The number of para-hydroxylation sites is 2. The number of rotatable bonds is 3. The van der Waals surface area contributed by atoms with Crippen LogP contribution in [0, 0.1) is 0 Å². The topological polar surface area (TPSA) is 70.3 Å². The average molecular weight is 179 g/mol. The summed E-state index contributed by atoms with van der Waals surface area (Å²) >= 11 is 0. The van der Waals surface area contributed by atoms with Crippen molar-refractivity contribution in [3.05, 3.63) is 36.2 Å². The molecule has 0 aromatic heterocycles. The molecule has 0 fully saturated rings. The SMILES string of the molecule is CC=C(NN)Nc1ccccc1O. The Labute approximate surface area is 77.0 Å². The zero-order valence-electron chi connectivity index (χ0n) is 7.41. The summed E-state index contributed by atoms with van der Waals surface area (Å²) in [6.45, 7) is 1.84. The van der Waals surface area contributed by atoms with Crippen LogP contribution in [-0.2, 0) is 0 Å². The van der Waals surface area contributed by atoms with Crippen LogP contribution in [0.25, 0.3) is 0 Å². The summed E-state index contributed by atoms with van der Waals surface area (Å²) < 4.78 is 0. The van der Waals surface area contributed by atoms with E-state index in [0.717, 1.165) is 0 Å². The minimum Gasteiger partial charge on any atom is -0.506 e. The van der Waals surface area contributed by atoms with Crippen molar-refractivity contribution in [2.45, 2.75) is 6.92 Å². The minimum absolute atomic E-state index is 0.192. The zero-order chi connectivity index (χ0) is 9.68. The van der Waals surface area contributed by atoms with Crippen LogP contribution in [-0.4, -0.2) is 5.11 Å². The number of anilines is 1. The van der Waals surface area contributed by atoms with Gasteiger partial charge in [-0.05, 0) is 25.1 Å². The summed E-state index contributed by atoms with van der Waals surface area (Å²) in [6, 6.07) is 6.94. The van der Waals surface area contributed by atoms with Crippen molar-refractivity contribution >= 4 is 5.69 Å². The van der Waals surface area contributed by atoms with Crippen LogP contribution < -0.4 is 16.6 Å². The van der Waals surface area contributed by atoms with E-state index >= 15 is 0 Å². The monoisotopic (exact) mass is 179 g/mol. The molecule has 0 bridgehead atoms. The van der Waals surface area contributed by atoms with E-state index < -0.39 is 0 Å². The zero-order valence-corrected chi connectivity index (χ0v) is 7.41. The van der Waals surface area contributed by atoms with Crippen LogP contribution in [0.1, 0.15) is 6.92 Å². The van der Waals surface area contributed by atoms with Crippen LogP contribution in [0.3, 0.4) is 0 Å². The Morgan fingerprint density at radius 2 is 2.15 bits per heavy atom. The van der Waals surface area contributed by atoms with Gasteiger partial charge in [-0.25, -0.2) is 5.84 Å². The maximum absolute atomic E-state index is 9.39. The summed E-state index contributed by atoms with van der Waals surface area (Å²) in [7, 11) is 0. The standard InChI is InChI=1S/C9H13N3O/c1-2-9(12-10)11-7-5-3-4-6-8(7)13/h2-6,11-13H,10H2,1H3. The van der Waals surface area contributed by atoms with Gasteiger partial charge >= 0.3 is 0 Å². The Kier molecular flexibility index (Phi) is 3.16. The van der Waals surface area contributed by atoms with Gasteiger partial charge in [0.05, 0.1) is 5.69 Å². The Bertz CT molecular complexity index is 309. The quantitative estimate of drug-likeness (QED) is 0.319.